The molecule has 1 N–H and O–H groups in total. The number of para-hydroxylation sites is 2. The van der Waals surface area contributed by atoms with Gasteiger partial charge in [-0.05, 0) is 55.8 Å². The van der Waals surface area contributed by atoms with Crippen molar-refractivity contribution in [3.8, 4) is 16.3 Å². The fourth-order valence-electron chi connectivity index (χ4n) is 2.99. The lowest BCUT2D eigenvalue weighted by atomic mass is 10.1. The van der Waals surface area contributed by atoms with Crippen LogP contribution in [0.3, 0.4) is 0 Å². The minimum absolute atomic E-state index is 0.105. The second-order valence-electron chi connectivity index (χ2n) is 6.85. The number of benzene rings is 3. The van der Waals surface area contributed by atoms with Crippen molar-refractivity contribution in [3.05, 3.63) is 78.4 Å². The van der Waals surface area contributed by atoms with E-state index in [2.05, 4.69) is 18.3 Å². The Morgan fingerprint density at radius 2 is 1.86 bits per heavy atom. The van der Waals surface area contributed by atoms with Gasteiger partial charge in [-0.2, -0.15) is 0 Å². The summed E-state index contributed by atoms with van der Waals surface area (Å²) >= 11 is 1.62. The van der Waals surface area contributed by atoms with E-state index < -0.39 is 0 Å². The zero-order valence-electron chi connectivity index (χ0n) is 16.4. The number of hydrogen-bond donors (Lipinski definition) is 1. The molecule has 3 aromatic carbocycles. The van der Waals surface area contributed by atoms with Gasteiger partial charge in [-0.1, -0.05) is 37.3 Å². The Morgan fingerprint density at radius 3 is 2.69 bits per heavy atom. The van der Waals surface area contributed by atoms with E-state index >= 15 is 0 Å². The number of thiazole rings is 1. The molecule has 0 saturated heterocycles. The van der Waals surface area contributed by atoms with Crippen LogP contribution in [0.4, 0.5) is 5.69 Å². The Morgan fingerprint density at radius 1 is 1.07 bits per heavy atom. The van der Waals surface area contributed by atoms with Gasteiger partial charge in [0.2, 0.25) is 0 Å². The Kier molecular flexibility index (Phi) is 5.58. The molecule has 0 aliphatic heterocycles. The summed E-state index contributed by atoms with van der Waals surface area (Å²) in [5, 5.41) is 3.92. The number of carbonyl (C=O) groups is 1. The molecule has 1 atom stereocenters. The molecular weight excluding hydrogens is 380 g/mol. The first-order chi connectivity index (χ1) is 14.1. The predicted molar refractivity (Wildman–Crippen MR) is 120 cm³/mol. The predicted octanol–water partition coefficient (Wildman–Crippen LogP) is 6.39. The fourth-order valence-corrected chi connectivity index (χ4v) is 3.99. The van der Waals surface area contributed by atoms with Gasteiger partial charge in [0.15, 0.2) is 0 Å². The van der Waals surface area contributed by atoms with Gasteiger partial charge in [-0.25, -0.2) is 4.98 Å². The first-order valence-corrected chi connectivity index (χ1v) is 10.5. The number of fused-ring (bicyclic) bond motifs is 1. The van der Waals surface area contributed by atoms with Gasteiger partial charge in [0, 0.05) is 11.1 Å². The van der Waals surface area contributed by atoms with Crippen molar-refractivity contribution in [2.45, 2.75) is 26.4 Å². The quantitative estimate of drug-likeness (QED) is 0.406. The summed E-state index contributed by atoms with van der Waals surface area (Å²) in [6.45, 7) is 4.08. The average Bonchev–Trinajstić information content (AvgIpc) is 3.18. The second kappa shape index (κ2) is 8.45. The van der Waals surface area contributed by atoms with Crippen LogP contribution in [0.25, 0.3) is 20.8 Å². The van der Waals surface area contributed by atoms with Crippen LogP contribution in [-0.4, -0.2) is 17.0 Å². The SMILES string of the molecule is CC[C@@H](C)Oc1cccc(C(=O)Nc2ccccc2-c2nc3ccccc3s2)c1. The largest absolute Gasteiger partial charge is 0.491 e. The summed E-state index contributed by atoms with van der Waals surface area (Å²) in [6.07, 6.45) is 1.01. The van der Waals surface area contributed by atoms with Crippen molar-refractivity contribution in [2.24, 2.45) is 0 Å². The lowest BCUT2D eigenvalue weighted by Crippen LogP contribution is -2.14. The number of aromatic nitrogens is 1. The lowest BCUT2D eigenvalue weighted by molar-refractivity contribution is 0.102. The molecule has 0 spiro atoms. The molecule has 1 amide bonds. The molecule has 29 heavy (non-hydrogen) atoms. The number of hydrogen-bond acceptors (Lipinski definition) is 4. The van der Waals surface area contributed by atoms with Crippen LogP contribution in [-0.2, 0) is 0 Å². The van der Waals surface area contributed by atoms with Crippen molar-refractivity contribution < 1.29 is 9.53 Å². The van der Waals surface area contributed by atoms with Crippen LogP contribution >= 0.6 is 11.3 Å². The monoisotopic (exact) mass is 402 g/mol. The van der Waals surface area contributed by atoms with Crippen LogP contribution in [0.1, 0.15) is 30.6 Å². The van der Waals surface area contributed by atoms with E-state index in [1.807, 2.05) is 61.5 Å². The van der Waals surface area contributed by atoms with Crippen molar-refractivity contribution in [3.63, 3.8) is 0 Å². The van der Waals surface area contributed by atoms with E-state index in [-0.39, 0.29) is 12.0 Å². The molecule has 0 saturated carbocycles. The smallest absolute Gasteiger partial charge is 0.255 e. The number of amides is 1. The average molecular weight is 403 g/mol. The maximum Gasteiger partial charge on any atom is 0.255 e. The highest BCUT2D eigenvalue weighted by molar-refractivity contribution is 7.21. The molecule has 0 radical (unpaired) electrons. The first-order valence-electron chi connectivity index (χ1n) is 9.67. The van der Waals surface area contributed by atoms with Gasteiger partial charge >= 0.3 is 0 Å². The van der Waals surface area contributed by atoms with Crippen LogP contribution in [0, 0.1) is 0 Å². The number of nitrogens with zero attached hydrogens (tertiary/aromatic N) is 1. The van der Waals surface area contributed by atoms with Crippen molar-refractivity contribution >= 4 is 33.1 Å². The van der Waals surface area contributed by atoms with E-state index in [4.69, 9.17) is 9.72 Å². The number of ether oxygens (including phenoxy) is 1. The van der Waals surface area contributed by atoms with Crippen molar-refractivity contribution in [1.29, 1.82) is 0 Å². The zero-order valence-corrected chi connectivity index (χ0v) is 17.2. The molecule has 0 fully saturated rings. The van der Waals surface area contributed by atoms with Crippen LogP contribution in [0.15, 0.2) is 72.8 Å². The van der Waals surface area contributed by atoms with Gasteiger partial charge in [0.1, 0.15) is 10.8 Å². The van der Waals surface area contributed by atoms with Crippen molar-refractivity contribution in [1.82, 2.24) is 4.98 Å². The first kappa shape index (κ1) is 19.2. The molecule has 0 aliphatic carbocycles. The maximum atomic E-state index is 12.9. The highest BCUT2D eigenvalue weighted by atomic mass is 32.1. The van der Waals surface area contributed by atoms with Gasteiger partial charge in [0.05, 0.1) is 22.0 Å². The third-order valence-electron chi connectivity index (χ3n) is 4.71. The van der Waals surface area contributed by atoms with Crippen LogP contribution < -0.4 is 10.1 Å². The summed E-state index contributed by atoms with van der Waals surface area (Å²) < 4.78 is 6.97. The molecule has 1 aromatic heterocycles. The summed E-state index contributed by atoms with van der Waals surface area (Å²) in [5.41, 5.74) is 3.17. The molecule has 146 valence electrons. The van der Waals surface area contributed by atoms with Crippen molar-refractivity contribution in [2.75, 3.05) is 5.32 Å². The Bertz CT molecular complexity index is 1120. The molecule has 5 heteroatoms. The topological polar surface area (TPSA) is 51.2 Å². The number of rotatable bonds is 6. The second-order valence-corrected chi connectivity index (χ2v) is 7.88. The molecule has 4 rings (SSSR count). The Balaban J connectivity index is 1.60. The molecule has 4 aromatic rings. The molecule has 1 heterocycles. The maximum absolute atomic E-state index is 12.9. The molecule has 0 bridgehead atoms. The third kappa shape index (κ3) is 4.30. The molecule has 0 aliphatic rings. The number of anilines is 1. The summed E-state index contributed by atoms with van der Waals surface area (Å²) in [5.74, 6) is 0.527. The summed E-state index contributed by atoms with van der Waals surface area (Å²) in [6, 6.07) is 23.1. The van der Waals surface area contributed by atoms with E-state index in [0.29, 0.717) is 11.3 Å². The van der Waals surface area contributed by atoms with Gasteiger partial charge in [0.25, 0.3) is 5.91 Å². The fraction of sp³-hybridized carbons (Fsp3) is 0.167. The van der Waals surface area contributed by atoms with E-state index in [1.165, 1.54) is 0 Å². The standard InChI is InChI=1S/C24H22N2O2S/c1-3-16(2)28-18-10-8-9-17(15-18)23(27)25-20-12-5-4-11-19(20)24-26-21-13-6-7-14-22(21)29-24/h4-16H,3H2,1-2H3,(H,25,27)/t16-/m1/s1. The van der Waals surface area contributed by atoms with Crippen LogP contribution in [0.2, 0.25) is 0 Å². The van der Waals surface area contributed by atoms with E-state index in [1.54, 1.807) is 23.5 Å². The molecular formula is C24H22N2O2S. The minimum Gasteiger partial charge on any atom is -0.491 e. The summed E-state index contributed by atoms with van der Waals surface area (Å²) in [7, 11) is 0. The Labute approximate surface area is 174 Å². The lowest BCUT2D eigenvalue weighted by Gasteiger charge is -2.14. The highest BCUT2D eigenvalue weighted by Gasteiger charge is 2.14. The Hall–Kier alpha value is -3.18. The van der Waals surface area contributed by atoms with E-state index in [9.17, 15) is 4.79 Å². The van der Waals surface area contributed by atoms with Gasteiger partial charge in [-0.15, -0.1) is 11.3 Å². The zero-order chi connectivity index (χ0) is 20.2. The van der Waals surface area contributed by atoms with E-state index in [0.717, 1.165) is 32.9 Å². The number of carbonyl (C=O) groups excluding carboxylic acids is 1. The highest BCUT2D eigenvalue weighted by Crippen LogP contribution is 2.34. The molecule has 0 unspecified atom stereocenters. The minimum atomic E-state index is -0.173. The third-order valence-corrected chi connectivity index (χ3v) is 5.78. The van der Waals surface area contributed by atoms with Gasteiger partial charge < -0.3 is 10.1 Å². The van der Waals surface area contributed by atoms with Gasteiger partial charge in [-0.3, -0.25) is 4.79 Å². The summed E-state index contributed by atoms with van der Waals surface area (Å²) in [4.78, 5) is 17.6. The normalized spacial score (nSPS) is 11.9. The number of nitrogens with one attached hydrogen (secondary N) is 1. The molecule has 4 nitrogen and oxygen atoms in total. The van der Waals surface area contributed by atoms with Crippen LogP contribution in [0.5, 0.6) is 5.75 Å².